The second-order valence-corrected chi connectivity index (χ2v) is 5.07. The van der Waals surface area contributed by atoms with Crippen molar-refractivity contribution in [1.29, 1.82) is 0 Å². The van der Waals surface area contributed by atoms with Gasteiger partial charge in [-0.1, -0.05) is 24.6 Å². The van der Waals surface area contributed by atoms with Crippen LogP contribution in [0.5, 0.6) is 11.5 Å². The summed E-state index contributed by atoms with van der Waals surface area (Å²) in [6.45, 7) is 7.03. The number of aryl methyl sites for hydroxylation is 1. The molecular weight excluding hydrogens is 272 g/mol. The number of hydrogen-bond acceptors (Lipinski definition) is 3. The van der Waals surface area contributed by atoms with Gasteiger partial charge in [-0.05, 0) is 50.2 Å². The van der Waals surface area contributed by atoms with Gasteiger partial charge in [0.1, 0.15) is 11.5 Å². The van der Waals surface area contributed by atoms with E-state index in [4.69, 9.17) is 16.3 Å². The van der Waals surface area contributed by atoms with Gasteiger partial charge in [0.05, 0.1) is 10.7 Å². The molecule has 0 bridgehead atoms. The molecule has 1 aromatic heterocycles. The zero-order valence-electron chi connectivity index (χ0n) is 12.0. The van der Waals surface area contributed by atoms with Gasteiger partial charge < -0.3 is 10.1 Å². The van der Waals surface area contributed by atoms with Gasteiger partial charge in [0.25, 0.3) is 0 Å². The Labute approximate surface area is 124 Å². The maximum Gasteiger partial charge on any atom is 0.148 e. The Morgan fingerprint density at radius 1 is 1.30 bits per heavy atom. The van der Waals surface area contributed by atoms with Crippen LogP contribution in [0.2, 0.25) is 5.02 Å². The van der Waals surface area contributed by atoms with Crippen LogP contribution in [-0.4, -0.2) is 11.5 Å². The van der Waals surface area contributed by atoms with E-state index in [-0.39, 0.29) is 6.04 Å². The molecule has 0 aliphatic rings. The van der Waals surface area contributed by atoms with Crippen LogP contribution in [0.4, 0.5) is 0 Å². The molecular formula is C16H19ClN2O. The highest BCUT2D eigenvalue weighted by atomic mass is 35.5. The Morgan fingerprint density at radius 3 is 2.75 bits per heavy atom. The van der Waals surface area contributed by atoms with Crippen molar-refractivity contribution in [3.63, 3.8) is 0 Å². The van der Waals surface area contributed by atoms with Crippen LogP contribution in [-0.2, 0) is 0 Å². The summed E-state index contributed by atoms with van der Waals surface area (Å²) >= 11 is 6.30. The van der Waals surface area contributed by atoms with E-state index in [1.807, 2.05) is 37.3 Å². The maximum absolute atomic E-state index is 6.30. The third-order valence-electron chi connectivity index (χ3n) is 3.14. The molecule has 1 aromatic carbocycles. The van der Waals surface area contributed by atoms with Crippen molar-refractivity contribution in [2.45, 2.75) is 26.8 Å². The molecule has 1 atom stereocenters. The predicted octanol–water partition coefficient (Wildman–Crippen LogP) is 4.51. The molecule has 3 nitrogen and oxygen atoms in total. The lowest BCUT2D eigenvalue weighted by Gasteiger charge is -2.15. The monoisotopic (exact) mass is 290 g/mol. The fourth-order valence-electron chi connectivity index (χ4n) is 1.99. The number of benzene rings is 1. The molecule has 1 heterocycles. The number of ether oxygens (including phenoxy) is 1. The minimum Gasteiger partial charge on any atom is -0.454 e. The van der Waals surface area contributed by atoms with E-state index in [0.29, 0.717) is 10.8 Å². The Hall–Kier alpha value is -1.58. The first kappa shape index (κ1) is 14.8. The summed E-state index contributed by atoms with van der Waals surface area (Å²) < 4.78 is 5.82. The molecule has 0 fully saturated rings. The lowest BCUT2D eigenvalue weighted by atomic mass is 10.1. The Balaban J connectivity index is 2.20. The third kappa shape index (κ3) is 3.50. The number of aromatic nitrogens is 1. The van der Waals surface area contributed by atoms with Crippen LogP contribution in [0.1, 0.15) is 31.1 Å². The molecule has 0 radical (unpaired) electrons. The van der Waals surface area contributed by atoms with Crippen LogP contribution >= 0.6 is 11.6 Å². The molecule has 0 aliphatic carbocycles. The summed E-state index contributed by atoms with van der Waals surface area (Å²) in [6, 6.07) is 9.87. The van der Waals surface area contributed by atoms with Crippen molar-refractivity contribution < 1.29 is 4.74 Å². The van der Waals surface area contributed by atoms with Crippen LogP contribution in [0.3, 0.4) is 0 Å². The molecule has 0 saturated carbocycles. The van der Waals surface area contributed by atoms with Gasteiger partial charge in [-0.15, -0.1) is 0 Å². The van der Waals surface area contributed by atoms with Crippen LogP contribution in [0, 0.1) is 6.92 Å². The van der Waals surface area contributed by atoms with Gasteiger partial charge in [0, 0.05) is 12.2 Å². The largest absolute Gasteiger partial charge is 0.454 e. The van der Waals surface area contributed by atoms with Crippen LogP contribution in [0.25, 0.3) is 0 Å². The zero-order valence-corrected chi connectivity index (χ0v) is 12.7. The first-order chi connectivity index (χ1) is 9.61. The SMILES string of the molecule is CCNC(C)c1ccc(Oc2cccnc2C)c(Cl)c1. The fraction of sp³-hybridized carbons (Fsp3) is 0.312. The highest BCUT2D eigenvalue weighted by Crippen LogP contribution is 2.32. The van der Waals surface area contributed by atoms with Crippen LogP contribution < -0.4 is 10.1 Å². The Bertz CT molecular complexity index is 586. The Morgan fingerprint density at radius 2 is 2.10 bits per heavy atom. The molecule has 0 amide bonds. The van der Waals surface area contributed by atoms with Crippen molar-refractivity contribution in [3.8, 4) is 11.5 Å². The van der Waals surface area contributed by atoms with Crippen molar-refractivity contribution in [3.05, 3.63) is 52.8 Å². The molecule has 0 spiro atoms. The summed E-state index contributed by atoms with van der Waals surface area (Å²) in [6.07, 6.45) is 1.74. The number of halogens is 1. The van der Waals surface area contributed by atoms with Crippen molar-refractivity contribution in [2.24, 2.45) is 0 Å². The molecule has 1 N–H and O–H groups in total. The summed E-state index contributed by atoms with van der Waals surface area (Å²) in [5.74, 6) is 1.37. The predicted molar refractivity (Wildman–Crippen MR) is 82.6 cm³/mol. The van der Waals surface area contributed by atoms with E-state index < -0.39 is 0 Å². The fourth-order valence-corrected chi connectivity index (χ4v) is 2.22. The van der Waals surface area contributed by atoms with Gasteiger partial charge >= 0.3 is 0 Å². The van der Waals surface area contributed by atoms with E-state index in [1.54, 1.807) is 6.20 Å². The smallest absolute Gasteiger partial charge is 0.148 e. The van der Waals surface area contributed by atoms with E-state index >= 15 is 0 Å². The number of nitrogens with zero attached hydrogens (tertiary/aromatic N) is 1. The lowest BCUT2D eigenvalue weighted by Crippen LogP contribution is -2.17. The second kappa shape index (κ2) is 6.73. The number of hydrogen-bond donors (Lipinski definition) is 1. The van der Waals surface area contributed by atoms with Crippen molar-refractivity contribution in [1.82, 2.24) is 10.3 Å². The van der Waals surface area contributed by atoms with E-state index in [9.17, 15) is 0 Å². The number of pyridine rings is 1. The minimum absolute atomic E-state index is 0.270. The average Bonchev–Trinajstić information content (AvgIpc) is 2.43. The molecule has 1 unspecified atom stereocenters. The first-order valence-corrected chi connectivity index (χ1v) is 7.12. The molecule has 2 aromatic rings. The van der Waals surface area contributed by atoms with Gasteiger partial charge in [0.2, 0.25) is 0 Å². The van der Waals surface area contributed by atoms with E-state index in [1.165, 1.54) is 0 Å². The van der Waals surface area contributed by atoms with Crippen molar-refractivity contribution in [2.75, 3.05) is 6.54 Å². The molecule has 106 valence electrons. The molecule has 0 aliphatic heterocycles. The zero-order chi connectivity index (χ0) is 14.5. The molecule has 20 heavy (non-hydrogen) atoms. The number of rotatable bonds is 5. The summed E-state index contributed by atoms with van der Waals surface area (Å²) in [4.78, 5) is 4.20. The van der Waals surface area contributed by atoms with Gasteiger partial charge in [-0.25, -0.2) is 0 Å². The van der Waals surface area contributed by atoms with Crippen LogP contribution in [0.15, 0.2) is 36.5 Å². The lowest BCUT2D eigenvalue weighted by molar-refractivity contribution is 0.475. The normalized spacial score (nSPS) is 12.2. The number of nitrogens with one attached hydrogen (secondary N) is 1. The summed E-state index contributed by atoms with van der Waals surface area (Å²) in [5.41, 5.74) is 1.99. The highest BCUT2D eigenvalue weighted by Gasteiger charge is 2.09. The van der Waals surface area contributed by atoms with Gasteiger partial charge in [-0.3, -0.25) is 4.98 Å². The van der Waals surface area contributed by atoms with E-state index in [0.717, 1.165) is 23.6 Å². The summed E-state index contributed by atoms with van der Waals surface area (Å²) in [5, 5.41) is 3.96. The molecule has 2 rings (SSSR count). The van der Waals surface area contributed by atoms with E-state index in [2.05, 4.69) is 24.1 Å². The standard InChI is InChI=1S/C16H19ClN2O/c1-4-18-11(2)13-7-8-16(14(17)10-13)20-15-6-5-9-19-12(15)3/h5-11,18H,4H2,1-3H3. The first-order valence-electron chi connectivity index (χ1n) is 6.74. The molecule has 0 saturated heterocycles. The Kier molecular flexibility index (Phi) is 4.99. The van der Waals surface area contributed by atoms with Crippen molar-refractivity contribution >= 4 is 11.6 Å². The second-order valence-electron chi connectivity index (χ2n) is 4.66. The average molecular weight is 291 g/mol. The third-order valence-corrected chi connectivity index (χ3v) is 3.44. The van der Waals surface area contributed by atoms with Gasteiger partial charge in [0.15, 0.2) is 0 Å². The highest BCUT2D eigenvalue weighted by molar-refractivity contribution is 6.32. The molecule has 4 heteroatoms. The minimum atomic E-state index is 0.270. The maximum atomic E-state index is 6.30. The van der Waals surface area contributed by atoms with Gasteiger partial charge in [-0.2, -0.15) is 0 Å². The quantitative estimate of drug-likeness (QED) is 0.880. The summed E-state index contributed by atoms with van der Waals surface area (Å²) in [7, 11) is 0. The topological polar surface area (TPSA) is 34.1 Å².